The summed E-state index contributed by atoms with van der Waals surface area (Å²) in [4.78, 5) is 13.6. The van der Waals surface area contributed by atoms with Gasteiger partial charge in [0.25, 0.3) is 0 Å². The molecule has 1 heterocycles. The fourth-order valence-corrected chi connectivity index (χ4v) is 1.73. The van der Waals surface area contributed by atoms with E-state index in [1.807, 2.05) is 18.2 Å². The van der Waals surface area contributed by atoms with Crippen molar-refractivity contribution in [1.29, 1.82) is 0 Å². The number of oxazole rings is 1. The zero-order valence-corrected chi connectivity index (χ0v) is 9.98. The molecule has 6 heteroatoms. The maximum atomic E-state index is 11.0. The van der Waals surface area contributed by atoms with Crippen molar-refractivity contribution in [3.05, 3.63) is 34.3 Å². The molecule has 5 N–H and O–H groups in total. The summed E-state index contributed by atoms with van der Waals surface area (Å²) in [6.45, 7) is 1.47. The van der Waals surface area contributed by atoms with Gasteiger partial charge in [-0.05, 0) is 30.7 Å². The molecule has 0 aliphatic carbocycles. The smallest absolute Gasteiger partial charge is 0.408 e. The van der Waals surface area contributed by atoms with Crippen molar-refractivity contribution in [3.8, 4) is 0 Å². The van der Waals surface area contributed by atoms with E-state index in [9.17, 15) is 9.90 Å². The van der Waals surface area contributed by atoms with E-state index in [4.69, 9.17) is 10.2 Å². The standard InChI is InChI=1S/C12H17N3O3/c13-6-9(16)7-14-4-3-8-1-2-10-11(5-8)18-12(17)15-10/h1-2,5,9,14,16H,3-4,6-7,13H2,(H,15,17). The Hall–Kier alpha value is -1.63. The van der Waals surface area contributed by atoms with E-state index in [1.165, 1.54) is 0 Å². The second-order valence-electron chi connectivity index (χ2n) is 4.19. The number of aliphatic hydroxyl groups excluding tert-OH is 1. The van der Waals surface area contributed by atoms with Crippen molar-refractivity contribution in [2.24, 2.45) is 5.73 Å². The minimum Gasteiger partial charge on any atom is -0.408 e. The van der Waals surface area contributed by atoms with E-state index < -0.39 is 11.9 Å². The lowest BCUT2D eigenvalue weighted by molar-refractivity contribution is 0.180. The Morgan fingerprint density at radius 2 is 2.33 bits per heavy atom. The molecule has 6 nitrogen and oxygen atoms in total. The third kappa shape index (κ3) is 3.19. The Bertz CT molecular complexity index is 561. The largest absolute Gasteiger partial charge is 0.417 e. The molecule has 98 valence electrons. The van der Waals surface area contributed by atoms with E-state index >= 15 is 0 Å². The molecule has 0 fully saturated rings. The molecule has 1 aromatic carbocycles. The molecular formula is C12H17N3O3. The van der Waals surface area contributed by atoms with Crippen LogP contribution >= 0.6 is 0 Å². The van der Waals surface area contributed by atoms with Crippen LogP contribution in [0.2, 0.25) is 0 Å². The molecule has 0 aliphatic rings. The molecule has 0 saturated carbocycles. The van der Waals surface area contributed by atoms with Crippen LogP contribution in [0.15, 0.2) is 27.4 Å². The van der Waals surface area contributed by atoms with Gasteiger partial charge in [-0.15, -0.1) is 0 Å². The summed E-state index contributed by atoms with van der Waals surface area (Å²) in [7, 11) is 0. The number of aliphatic hydroxyl groups is 1. The fraction of sp³-hybridized carbons (Fsp3) is 0.417. The Morgan fingerprint density at radius 3 is 3.11 bits per heavy atom. The molecule has 0 amide bonds. The van der Waals surface area contributed by atoms with Gasteiger partial charge >= 0.3 is 5.76 Å². The van der Waals surface area contributed by atoms with Gasteiger partial charge in [0.1, 0.15) is 0 Å². The number of aromatic amines is 1. The monoisotopic (exact) mass is 251 g/mol. The van der Waals surface area contributed by atoms with Gasteiger partial charge in [-0.2, -0.15) is 0 Å². The van der Waals surface area contributed by atoms with Gasteiger partial charge in [-0.3, -0.25) is 4.98 Å². The number of benzene rings is 1. The molecular weight excluding hydrogens is 234 g/mol. The summed E-state index contributed by atoms with van der Waals surface area (Å²) in [6.07, 6.45) is 0.289. The van der Waals surface area contributed by atoms with Crippen LogP contribution in [0.5, 0.6) is 0 Å². The van der Waals surface area contributed by atoms with E-state index in [-0.39, 0.29) is 6.54 Å². The summed E-state index contributed by atoms with van der Waals surface area (Å²) in [5.74, 6) is -0.439. The van der Waals surface area contributed by atoms with Crippen molar-refractivity contribution >= 4 is 11.1 Å². The van der Waals surface area contributed by atoms with Gasteiger partial charge in [0, 0.05) is 13.1 Å². The molecule has 0 bridgehead atoms. The lowest BCUT2D eigenvalue weighted by Crippen LogP contribution is -2.33. The van der Waals surface area contributed by atoms with Gasteiger partial charge in [-0.25, -0.2) is 4.79 Å². The number of nitrogens with one attached hydrogen (secondary N) is 2. The van der Waals surface area contributed by atoms with E-state index in [1.54, 1.807) is 0 Å². The van der Waals surface area contributed by atoms with Crippen molar-refractivity contribution in [2.45, 2.75) is 12.5 Å². The first-order chi connectivity index (χ1) is 8.69. The molecule has 1 aromatic heterocycles. The van der Waals surface area contributed by atoms with Gasteiger partial charge in [0.15, 0.2) is 5.58 Å². The van der Waals surface area contributed by atoms with Crippen LogP contribution < -0.4 is 16.8 Å². The first-order valence-electron chi connectivity index (χ1n) is 5.89. The maximum Gasteiger partial charge on any atom is 0.417 e. The first-order valence-corrected chi connectivity index (χ1v) is 5.89. The summed E-state index contributed by atoms with van der Waals surface area (Å²) >= 11 is 0. The predicted octanol–water partition coefficient (Wildman–Crippen LogP) is -0.427. The van der Waals surface area contributed by atoms with E-state index in [0.717, 1.165) is 18.5 Å². The Kier molecular flexibility index (Phi) is 4.14. The number of rotatable bonds is 6. The van der Waals surface area contributed by atoms with Crippen molar-refractivity contribution < 1.29 is 9.52 Å². The quantitative estimate of drug-likeness (QED) is 0.522. The highest BCUT2D eigenvalue weighted by molar-refractivity contribution is 5.72. The Morgan fingerprint density at radius 1 is 1.50 bits per heavy atom. The van der Waals surface area contributed by atoms with Gasteiger partial charge in [-0.1, -0.05) is 6.07 Å². The van der Waals surface area contributed by atoms with Crippen molar-refractivity contribution in [2.75, 3.05) is 19.6 Å². The normalized spacial score (nSPS) is 13.0. The molecule has 1 unspecified atom stereocenters. The molecule has 0 saturated heterocycles. The second kappa shape index (κ2) is 5.81. The fourth-order valence-electron chi connectivity index (χ4n) is 1.73. The summed E-state index contributed by atoms with van der Waals surface area (Å²) < 4.78 is 4.98. The number of hydrogen-bond acceptors (Lipinski definition) is 5. The zero-order chi connectivity index (χ0) is 13.0. The predicted molar refractivity (Wildman–Crippen MR) is 68.5 cm³/mol. The summed E-state index contributed by atoms with van der Waals surface area (Å²) in [5, 5.41) is 12.4. The highest BCUT2D eigenvalue weighted by Gasteiger charge is 2.03. The number of fused-ring (bicyclic) bond motifs is 1. The third-order valence-electron chi connectivity index (χ3n) is 2.73. The average Bonchev–Trinajstić information content (AvgIpc) is 2.73. The lowest BCUT2D eigenvalue weighted by Gasteiger charge is -2.08. The highest BCUT2D eigenvalue weighted by atomic mass is 16.4. The van der Waals surface area contributed by atoms with Gasteiger partial charge < -0.3 is 20.6 Å². The van der Waals surface area contributed by atoms with Crippen molar-refractivity contribution in [3.63, 3.8) is 0 Å². The first kappa shape index (κ1) is 12.8. The number of nitrogens with two attached hydrogens (primary N) is 1. The van der Waals surface area contributed by atoms with Crippen LogP contribution in [0.4, 0.5) is 0 Å². The summed E-state index contributed by atoms with van der Waals surface area (Å²) in [6, 6.07) is 5.60. The van der Waals surface area contributed by atoms with Crippen LogP contribution in [-0.4, -0.2) is 35.8 Å². The molecule has 0 spiro atoms. The number of H-pyrrole nitrogens is 1. The van der Waals surface area contributed by atoms with Crippen LogP contribution in [-0.2, 0) is 6.42 Å². The zero-order valence-electron chi connectivity index (χ0n) is 9.98. The molecule has 2 aromatic rings. The molecule has 18 heavy (non-hydrogen) atoms. The molecule has 1 atom stereocenters. The van der Waals surface area contributed by atoms with Crippen molar-refractivity contribution in [1.82, 2.24) is 10.3 Å². The molecule has 0 aliphatic heterocycles. The van der Waals surface area contributed by atoms with E-state index in [0.29, 0.717) is 17.6 Å². The Labute approximate surface area is 104 Å². The minimum atomic E-state index is -0.504. The number of aromatic nitrogens is 1. The van der Waals surface area contributed by atoms with Crippen LogP contribution in [0, 0.1) is 0 Å². The lowest BCUT2D eigenvalue weighted by atomic mass is 10.1. The molecule has 0 radical (unpaired) electrons. The average molecular weight is 251 g/mol. The Balaban J connectivity index is 1.89. The minimum absolute atomic E-state index is 0.257. The van der Waals surface area contributed by atoms with Crippen LogP contribution in [0.1, 0.15) is 5.56 Å². The maximum absolute atomic E-state index is 11.0. The topological polar surface area (TPSA) is 104 Å². The number of hydrogen-bond donors (Lipinski definition) is 4. The molecule has 2 rings (SSSR count). The highest BCUT2D eigenvalue weighted by Crippen LogP contribution is 2.12. The van der Waals surface area contributed by atoms with Crippen LogP contribution in [0.3, 0.4) is 0 Å². The SMILES string of the molecule is NCC(O)CNCCc1ccc2[nH]c(=O)oc2c1. The van der Waals surface area contributed by atoms with Gasteiger partial charge in [0.2, 0.25) is 0 Å². The van der Waals surface area contributed by atoms with Crippen LogP contribution in [0.25, 0.3) is 11.1 Å². The van der Waals surface area contributed by atoms with E-state index in [2.05, 4.69) is 10.3 Å². The van der Waals surface area contributed by atoms with Gasteiger partial charge in [0.05, 0.1) is 11.6 Å². The third-order valence-corrected chi connectivity index (χ3v) is 2.73. The second-order valence-corrected chi connectivity index (χ2v) is 4.19. The summed E-state index contributed by atoms with van der Waals surface area (Å²) in [5.41, 5.74) is 7.64.